The third-order valence-electron chi connectivity index (χ3n) is 11.1. The average molecular weight is 1000 g/mol. The van der Waals surface area contributed by atoms with Crippen LogP contribution in [0.5, 0.6) is 23.0 Å². The number of phenols is 2. The van der Waals surface area contributed by atoms with Gasteiger partial charge in [0.2, 0.25) is 0 Å². The van der Waals surface area contributed by atoms with E-state index >= 15 is 0 Å². The summed E-state index contributed by atoms with van der Waals surface area (Å²) in [5, 5.41) is 39.8. The Labute approximate surface area is 368 Å². The van der Waals surface area contributed by atoms with Crippen LogP contribution in [0, 0.1) is 11.8 Å². The van der Waals surface area contributed by atoms with Crippen molar-refractivity contribution in [2.24, 2.45) is 11.8 Å². The summed E-state index contributed by atoms with van der Waals surface area (Å²) in [7, 11) is 0. The molecule has 0 saturated carbocycles. The molecule has 0 saturated heterocycles. The van der Waals surface area contributed by atoms with Crippen molar-refractivity contribution in [3.63, 3.8) is 0 Å². The molecule has 4 rings (SSSR count). The number of aliphatic carboxylic acids is 2. The molecule has 59 heavy (non-hydrogen) atoms. The van der Waals surface area contributed by atoms with E-state index < -0.39 is 11.9 Å². The Morgan fingerprint density at radius 3 is 1.32 bits per heavy atom. The molecule has 10 nitrogen and oxygen atoms in total. The SMILES string of the molecule is C=C(C)[C@H]1CCC(C)=C[C@@H]1c1c(O)cc(CCCCC)cc1OCCC(=O)O.C=C(C)[C@H]1CCC(C)=C[C@@H]1c1c(O)cc(CCCCC)cc1OCCC(=O)O.[NH2-].[NH2-].[Pt+2]. The van der Waals surface area contributed by atoms with E-state index in [1.807, 2.05) is 38.1 Å². The first-order valence-electron chi connectivity index (χ1n) is 20.7. The minimum atomic E-state index is -0.891. The summed E-state index contributed by atoms with van der Waals surface area (Å²) in [4.78, 5) is 21.8. The first kappa shape index (κ1) is 55.1. The number of nitrogens with two attached hydrogens (primary N) is 2. The standard InChI is InChI=1S/2C24H34O4.2H2N.Pt/c2*1-5-6-7-8-18-14-21(25)24(22(15-18)28-12-11-23(26)27)20-13-17(4)9-10-19(20)16(2)3;;;/h2*13-15,19-20,25H,2,5-12H2,1,3-4H3,(H,26,27);2*1H2;/q;;2*-1;+2/t2*19-,20+;;;/m11.../s1. The summed E-state index contributed by atoms with van der Waals surface area (Å²) in [6.45, 7) is 21.1. The van der Waals surface area contributed by atoms with E-state index in [1.54, 1.807) is 0 Å². The molecule has 0 fully saturated rings. The maximum Gasteiger partial charge on any atom is 2.00 e. The van der Waals surface area contributed by atoms with Gasteiger partial charge in [-0.2, -0.15) is 0 Å². The second-order valence-corrected chi connectivity index (χ2v) is 16.0. The Bertz CT molecular complexity index is 1610. The van der Waals surface area contributed by atoms with Crippen LogP contribution in [0.2, 0.25) is 0 Å². The molecule has 4 atom stereocenters. The van der Waals surface area contributed by atoms with Gasteiger partial charge in [0.05, 0.1) is 26.1 Å². The molecule has 0 heterocycles. The van der Waals surface area contributed by atoms with Gasteiger partial charge in [-0.25, -0.2) is 0 Å². The average Bonchev–Trinajstić information content (AvgIpc) is 3.11. The smallest absolute Gasteiger partial charge is 0.693 e. The Balaban J connectivity index is 0.00000109. The number of carbonyl (C=O) groups is 2. The quantitative estimate of drug-likeness (QED) is 0.0741. The molecule has 0 radical (unpaired) electrons. The number of ether oxygens (including phenoxy) is 2. The van der Waals surface area contributed by atoms with Gasteiger partial charge < -0.3 is 42.2 Å². The number of hydrogen-bond acceptors (Lipinski definition) is 6. The van der Waals surface area contributed by atoms with Gasteiger partial charge in [0.1, 0.15) is 23.0 Å². The maximum atomic E-state index is 10.9. The molecule has 0 aromatic heterocycles. The zero-order valence-electron chi connectivity index (χ0n) is 36.4. The van der Waals surface area contributed by atoms with Crippen LogP contribution in [0.25, 0.3) is 12.3 Å². The summed E-state index contributed by atoms with van der Waals surface area (Å²) in [5.41, 5.74) is 8.37. The fourth-order valence-corrected chi connectivity index (χ4v) is 8.00. The predicted octanol–water partition coefficient (Wildman–Crippen LogP) is 13.4. The van der Waals surface area contributed by atoms with Gasteiger partial charge in [-0.3, -0.25) is 9.59 Å². The minimum Gasteiger partial charge on any atom is -0.693 e. The number of aryl methyl sites for hydroxylation is 2. The topological polar surface area (TPSA) is 201 Å². The number of hydrogen-bond donors (Lipinski definition) is 4. The van der Waals surface area contributed by atoms with E-state index in [1.165, 1.54) is 11.1 Å². The largest absolute Gasteiger partial charge is 2.00 e. The van der Waals surface area contributed by atoms with Crippen molar-refractivity contribution in [2.75, 3.05) is 13.2 Å². The van der Waals surface area contributed by atoms with Gasteiger partial charge in [-0.05, 0) is 126 Å². The third-order valence-corrected chi connectivity index (χ3v) is 11.1. The van der Waals surface area contributed by atoms with Gasteiger partial charge in [0.15, 0.2) is 0 Å². The van der Waals surface area contributed by atoms with Crippen LogP contribution in [0.3, 0.4) is 0 Å². The zero-order chi connectivity index (χ0) is 41.4. The second kappa shape index (κ2) is 27.8. The van der Waals surface area contributed by atoms with Crippen LogP contribution in [0.15, 0.2) is 71.9 Å². The second-order valence-electron chi connectivity index (χ2n) is 16.0. The van der Waals surface area contributed by atoms with Crippen LogP contribution >= 0.6 is 0 Å². The molecule has 2 aliphatic carbocycles. The summed E-state index contributed by atoms with van der Waals surface area (Å²) in [6.07, 6.45) is 16.7. The van der Waals surface area contributed by atoms with Crippen molar-refractivity contribution < 1.29 is 60.6 Å². The molecule has 0 unspecified atom stereocenters. The molecule has 332 valence electrons. The summed E-state index contributed by atoms with van der Waals surface area (Å²) < 4.78 is 11.8. The fourth-order valence-electron chi connectivity index (χ4n) is 8.00. The molecule has 0 amide bonds. The summed E-state index contributed by atoms with van der Waals surface area (Å²) in [6, 6.07) is 7.67. The number of benzene rings is 2. The molecular weight excluding hydrogens is 928 g/mol. The van der Waals surface area contributed by atoms with Crippen molar-refractivity contribution in [3.8, 4) is 23.0 Å². The molecule has 2 aromatic rings. The zero-order valence-corrected chi connectivity index (χ0v) is 38.7. The molecule has 2 aliphatic rings. The van der Waals surface area contributed by atoms with Crippen LogP contribution in [0.4, 0.5) is 0 Å². The van der Waals surface area contributed by atoms with E-state index in [9.17, 15) is 19.8 Å². The fraction of sp³-hybridized carbons (Fsp3) is 0.542. The normalized spacial score (nSPS) is 18.2. The molecular formula is C48H72N2O8Pt. The van der Waals surface area contributed by atoms with E-state index in [0.717, 1.165) is 110 Å². The molecule has 0 bridgehead atoms. The summed E-state index contributed by atoms with van der Waals surface area (Å²) in [5.74, 6) is 0.375. The summed E-state index contributed by atoms with van der Waals surface area (Å²) >= 11 is 0. The van der Waals surface area contributed by atoms with E-state index in [2.05, 4.69) is 53.0 Å². The molecule has 8 N–H and O–H groups in total. The Hall–Kier alpha value is -3.85. The van der Waals surface area contributed by atoms with Crippen molar-refractivity contribution in [2.45, 2.75) is 143 Å². The maximum absolute atomic E-state index is 10.9. The van der Waals surface area contributed by atoms with Gasteiger partial charge in [-0.1, -0.05) is 87.1 Å². The number of carboxylic acids is 2. The molecule has 0 spiro atoms. The molecule has 11 heteroatoms. The third kappa shape index (κ3) is 17.3. The Kier molecular flexibility index (Phi) is 26.0. The van der Waals surface area contributed by atoms with E-state index in [4.69, 9.17) is 19.7 Å². The van der Waals surface area contributed by atoms with Crippen molar-refractivity contribution in [1.29, 1.82) is 0 Å². The van der Waals surface area contributed by atoms with Crippen molar-refractivity contribution >= 4 is 11.9 Å². The van der Waals surface area contributed by atoms with Crippen LogP contribution in [0.1, 0.15) is 153 Å². The monoisotopic (exact) mass is 999 g/mol. The van der Waals surface area contributed by atoms with E-state index in [0.29, 0.717) is 11.5 Å². The molecule has 0 aliphatic heterocycles. The number of aromatic hydroxyl groups is 2. The number of allylic oxidation sites excluding steroid dienone is 6. The first-order valence-corrected chi connectivity index (χ1v) is 20.7. The first-order chi connectivity index (χ1) is 26.7. The van der Waals surface area contributed by atoms with Crippen LogP contribution in [-0.4, -0.2) is 45.6 Å². The minimum absolute atomic E-state index is 0. The van der Waals surface area contributed by atoms with Gasteiger partial charge in [0, 0.05) is 23.0 Å². The Morgan fingerprint density at radius 2 is 1.02 bits per heavy atom. The van der Waals surface area contributed by atoms with E-state index in [-0.39, 0.29) is 94.6 Å². The Morgan fingerprint density at radius 1 is 0.661 bits per heavy atom. The number of rotatable bonds is 20. The van der Waals surface area contributed by atoms with Crippen molar-refractivity contribution in [3.05, 3.63) is 106 Å². The van der Waals surface area contributed by atoms with Gasteiger partial charge in [0.25, 0.3) is 0 Å². The van der Waals surface area contributed by atoms with Crippen molar-refractivity contribution in [1.82, 2.24) is 0 Å². The van der Waals surface area contributed by atoms with Crippen LogP contribution < -0.4 is 9.47 Å². The van der Waals surface area contributed by atoms with Gasteiger partial charge in [-0.15, -0.1) is 0 Å². The molecule has 2 aromatic carbocycles. The number of carboxylic acid groups (broad SMARTS) is 2. The van der Waals surface area contributed by atoms with Crippen LogP contribution in [-0.2, 0) is 43.5 Å². The predicted molar refractivity (Wildman–Crippen MR) is 237 cm³/mol. The number of unbranched alkanes of at least 4 members (excludes halogenated alkanes) is 4. The van der Waals surface area contributed by atoms with Gasteiger partial charge >= 0.3 is 33.0 Å². The number of phenolic OH excluding ortho intramolecular Hbond substituents is 2.